The summed E-state index contributed by atoms with van der Waals surface area (Å²) in [5.41, 5.74) is 8.36. The van der Waals surface area contributed by atoms with Crippen LogP contribution in [0.2, 0.25) is 0 Å². The molecule has 1 aromatic carbocycles. The Hall–Kier alpha value is -1.28. The van der Waals surface area contributed by atoms with E-state index in [-0.39, 0.29) is 0 Å². The molecule has 0 fully saturated rings. The van der Waals surface area contributed by atoms with Crippen molar-refractivity contribution in [2.45, 2.75) is 39.3 Å². The van der Waals surface area contributed by atoms with E-state index in [1.54, 1.807) is 0 Å². The van der Waals surface area contributed by atoms with Crippen molar-refractivity contribution >= 4 is 10.9 Å². The SMILES string of the molecule is CCCCCn1c(CN)cc2ccccc21. The lowest BCUT2D eigenvalue weighted by Gasteiger charge is -2.08. The number of hydrogen-bond acceptors (Lipinski definition) is 1. The van der Waals surface area contributed by atoms with Gasteiger partial charge in [0.25, 0.3) is 0 Å². The van der Waals surface area contributed by atoms with Crippen molar-refractivity contribution in [2.75, 3.05) is 0 Å². The van der Waals surface area contributed by atoms with Crippen LogP contribution < -0.4 is 5.73 Å². The standard InChI is InChI=1S/C14H20N2/c1-2-3-6-9-16-13(11-15)10-12-7-4-5-8-14(12)16/h4-5,7-8,10H,2-3,6,9,11,15H2,1H3. The fraction of sp³-hybridized carbons (Fsp3) is 0.429. The molecule has 2 nitrogen and oxygen atoms in total. The zero-order chi connectivity index (χ0) is 11.4. The minimum atomic E-state index is 0.626. The van der Waals surface area contributed by atoms with E-state index >= 15 is 0 Å². The molecule has 0 atom stereocenters. The molecule has 0 aliphatic carbocycles. The van der Waals surface area contributed by atoms with Crippen molar-refractivity contribution in [1.82, 2.24) is 4.57 Å². The molecule has 0 saturated carbocycles. The predicted octanol–water partition coefficient (Wildman–Crippen LogP) is 3.29. The quantitative estimate of drug-likeness (QED) is 0.764. The van der Waals surface area contributed by atoms with Crippen molar-refractivity contribution in [3.63, 3.8) is 0 Å². The fourth-order valence-corrected chi connectivity index (χ4v) is 2.22. The summed E-state index contributed by atoms with van der Waals surface area (Å²) < 4.78 is 2.37. The van der Waals surface area contributed by atoms with E-state index in [4.69, 9.17) is 5.73 Å². The average molecular weight is 216 g/mol. The normalized spacial score (nSPS) is 11.1. The second-order valence-electron chi connectivity index (χ2n) is 4.26. The number of benzene rings is 1. The minimum Gasteiger partial charge on any atom is -0.343 e. The van der Waals surface area contributed by atoms with Gasteiger partial charge in [0.1, 0.15) is 0 Å². The maximum absolute atomic E-state index is 5.80. The van der Waals surface area contributed by atoms with Gasteiger partial charge in [-0.25, -0.2) is 0 Å². The third kappa shape index (κ3) is 2.12. The first-order valence-electron chi connectivity index (χ1n) is 6.14. The largest absolute Gasteiger partial charge is 0.343 e. The Kier molecular flexibility index (Phi) is 3.62. The van der Waals surface area contributed by atoms with Gasteiger partial charge in [-0.2, -0.15) is 0 Å². The molecule has 0 saturated heterocycles. The van der Waals surface area contributed by atoms with Gasteiger partial charge in [-0.15, -0.1) is 0 Å². The molecular weight excluding hydrogens is 196 g/mol. The van der Waals surface area contributed by atoms with Crippen LogP contribution in [0, 0.1) is 0 Å². The molecule has 0 bridgehead atoms. The van der Waals surface area contributed by atoms with Crippen molar-refractivity contribution in [1.29, 1.82) is 0 Å². The number of nitrogens with zero attached hydrogens (tertiary/aromatic N) is 1. The Morgan fingerprint density at radius 2 is 2.00 bits per heavy atom. The highest BCUT2D eigenvalue weighted by Crippen LogP contribution is 2.20. The van der Waals surface area contributed by atoms with Crippen molar-refractivity contribution in [3.8, 4) is 0 Å². The van der Waals surface area contributed by atoms with Crippen molar-refractivity contribution in [3.05, 3.63) is 36.0 Å². The molecule has 86 valence electrons. The van der Waals surface area contributed by atoms with Gasteiger partial charge in [0.05, 0.1) is 0 Å². The van der Waals surface area contributed by atoms with E-state index in [0.717, 1.165) is 6.54 Å². The van der Waals surface area contributed by atoms with Gasteiger partial charge in [0.15, 0.2) is 0 Å². The Labute approximate surface area is 97.1 Å². The van der Waals surface area contributed by atoms with E-state index < -0.39 is 0 Å². The molecule has 16 heavy (non-hydrogen) atoms. The van der Waals surface area contributed by atoms with Crippen LogP contribution in [0.1, 0.15) is 31.9 Å². The smallest absolute Gasteiger partial charge is 0.0482 e. The molecular formula is C14H20N2. The maximum Gasteiger partial charge on any atom is 0.0482 e. The molecule has 0 amide bonds. The molecule has 0 radical (unpaired) electrons. The molecule has 0 spiro atoms. The fourth-order valence-electron chi connectivity index (χ4n) is 2.22. The minimum absolute atomic E-state index is 0.626. The summed E-state index contributed by atoms with van der Waals surface area (Å²) >= 11 is 0. The van der Waals surface area contributed by atoms with E-state index in [2.05, 4.69) is 41.8 Å². The second kappa shape index (κ2) is 5.17. The molecule has 0 aliphatic heterocycles. The van der Waals surface area contributed by atoms with E-state index in [1.807, 2.05) is 0 Å². The van der Waals surface area contributed by atoms with Crippen LogP contribution in [0.15, 0.2) is 30.3 Å². The zero-order valence-electron chi connectivity index (χ0n) is 9.95. The van der Waals surface area contributed by atoms with E-state index in [9.17, 15) is 0 Å². The summed E-state index contributed by atoms with van der Waals surface area (Å²) in [6.07, 6.45) is 3.79. The van der Waals surface area contributed by atoms with Crippen LogP contribution in [0.3, 0.4) is 0 Å². The highest BCUT2D eigenvalue weighted by atomic mass is 15.0. The average Bonchev–Trinajstić information content (AvgIpc) is 2.68. The molecule has 2 heteroatoms. The molecule has 1 heterocycles. The van der Waals surface area contributed by atoms with Crippen molar-refractivity contribution in [2.24, 2.45) is 5.73 Å². The van der Waals surface area contributed by atoms with Gasteiger partial charge < -0.3 is 10.3 Å². The predicted molar refractivity (Wildman–Crippen MR) is 69.4 cm³/mol. The Morgan fingerprint density at radius 1 is 1.19 bits per heavy atom. The molecule has 2 N–H and O–H groups in total. The third-order valence-electron chi connectivity index (χ3n) is 3.09. The lowest BCUT2D eigenvalue weighted by molar-refractivity contribution is 0.599. The van der Waals surface area contributed by atoms with Gasteiger partial charge in [0.2, 0.25) is 0 Å². The first-order valence-corrected chi connectivity index (χ1v) is 6.14. The van der Waals surface area contributed by atoms with Crippen LogP contribution in [0.25, 0.3) is 10.9 Å². The van der Waals surface area contributed by atoms with Gasteiger partial charge in [0, 0.05) is 24.3 Å². The zero-order valence-corrected chi connectivity index (χ0v) is 9.95. The van der Waals surface area contributed by atoms with Gasteiger partial charge in [-0.3, -0.25) is 0 Å². The van der Waals surface area contributed by atoms with Gasteiger partial charge in [-0.05, 0) is 23.9 Å². The molecule has 0 aliphatic rings. The number of fused-ring (bicyclic) bond motifs is 1. The number of rotatable bonds is 5. The lowest BCUT2D eigenvalue weighted by Crippen LogP contribution is -2.07. The van der Waals surface area contributed by atoms with Crippen LogP contribution in [-0.4, -0.2) is 4.57 Å². The van der Waals surface area contributed by atoms with E-state index in [1.165, 1.54) is 35.9 Å². The van der Waals surface area contributed by atoms with Gasteiger partial charge >= 0.3 is 0 Å². The molecule has 2 rings (SSSR count). The number of aromatic nitrogens is 1. The van der Waals surface area contributed by atoms with Crippen LogP contribution >= 0.6 is 0 Å². The van der Waals surface area contributed by atoms with Gasteiger partial charge in [-0.1, -0.05) is 38.0 Å². The number of hydrogen-bond donors (Lipinski definition) is 1. The molecule has 0 unspecified atom stereocenters. The highest BCUT2D eigenvalue weighted by Gasteiger charge is 2.05. The number of nitrogens with two attached hydrogens (primary N) is 1. The summed E-state index contributed by atoms with van der Waals surface area (Å²) in [7, 11) is 0. The Morgan fingerprint density at radius 3 is 2.75 bits per heavy atom. The first kappa shape index (κ1) is 11.2. The summed E-state index contributed by atoms with van der Waals surface area (Å²) in [6, 6.07) is 10.7. The second-order valence-corrected chi connectivity index (χ2v) is 4.26. The highest BCUT2D eigenvalue weighted by molar-refractivity contribution is 5.81. The first-order chi connectivity index (χ1) is 7.86. The number of unbranched alkanes of at least 4 members (excludes halogenated alkanes) is 2. The summed E-state index contributed by atoms with van der Waals surface area (Å²) in [4.78, 5) is 0. The number of aryl methyl sites for hydroxylation is 1. The molecule has 1 aromatic heterocycles. The van der Waals surface area contributed by atoms with Crippen LogP contribution in [0.5, 0.6) is 0 Å². The topological polar surface area (TPSA) is 30.9 Å². The third-order valence-corrected chi connectivity index (χ3v) is 3.09. The van der Waals surface area contributed by atoms with Crippen LogP contribution in [-0.2, 0) is 13.1 Å². The number of para-hydroxylation sites is 1. The monoisotopic (exact) mass is 216 g/mol. The summed E-state index contributed by atoms with van der Waals surface area (Å²) in [5.74, 6) is 0. The maximum atomic E-state index is 5.80. The van der Waals surface area contributed by atoms with Crippen molar-refractivity contribution < 1.29 is 0 Å². The Balaban J connectivity index is 2.32. The van der Waals surface area contributed by atoms with Crippen LogP contribution in [0.4, 0.5) is 0 Å². The summed E-state index contributed by atoms with van der Waals surface area (Å²) in [5, 5.41) is 1.31. The molecule has 2 aromatic rings. The Bertz CT molecular complexity index is 457. The summed E-state index contributed by atoms with van der Waals surface area (Å²) in [6.45, 7) is 3.95. The van der Waals surface area contributed by atoms with E-state index in [0.29, 0.717) is 6.54 Å². The lowest BCUT2D eigenvalue weighted by atomic mass is 10.2.